The lowest BCUT2D eigenvalue weighted by Crippen LogP contribution is -2.35. The summed E-state index contributed by atoms with van der Waals surface area (Å²) in [6.45, 7) is 7.64. The van der Waals surface area contributed by atoms with Gasteiger partial charge in [-0.1, -0.05) is 12.5 Å². The monoisotopic (exact) mass is 297 g/mol. The molecule has 0 aliphatic carbocycles. The van der Waals surface area contributed by atoms with Crippen LogP contribution < -0.4 is 10.1 Å². The van der Waals surface area contributed by atoms with Gasteiger partial charge in [-0.25, -0.2) is 4.39 Å². The summed E-state index contributed by atoms with van der Waals surface area (Å²) in [5.74, 6) is 0.00948. The standard InChI is InChI=1S/C17H28FNO2/c1-17(2,3)19-13-14-8-9-16(15(18)12-14)21-11-7-5-4-6-10-20/h8-9,12,19-20H,4-7,10-11,13H2,1-3H3. The molecule has 1 rings (SSSR count). The molecule has 1 aromatic rings. The minimum absolute atomic E-state index is 0.0141. The molecule has 0 unspecified atom stereocenters. The maximum atomic E-state index is 13.9. The zero-order valence-corrected chi connectivity index (χ0v) is 13.4. The van der Waals surface area contributed by atoms with E-state index in [9.17, 15) is 4.39 Å². The third-order valence-corrected chi connectivity index (χ3v) is 3.13. The van der Waals surface area contributed by atoms with Crippen LogP contribution in [-0.4, -0.2) is 23.9 Å². The predicted octanol–water partition coefficient (Wildman–Crippen LogP) is 3.65. The maximum Gasteiger partial charge on any atom is 0.165 e. The highest BCUT2D eigenvalue weighted by molar-refractivity contribution is 5.29. The highest BCUT2D eigenvalue weighted by Crippen LogP contribution is 2.19. The lowest BCUT2D eigenvalue weighted by atomic mass is 10.1. The van der Waals surface area contributed by atoms with Crippen molar-refractivity contribution in [3.05, 3.63) is 29.6 Å². The summed E-state index contributed by atoms with van der Waals surface area (Å²) >= 11 is 0. The van der Waals surface area contributed by atoms with Gasteiger partial charge in [0.2, 0.25) is 0 Å². The Bertz CT molecular complexity index is 416. The van der Waals surface area contributed by atoms with Gasteiger partial charge >= 0.3 is 0 Å². The first-order chi connectivity index (χ1) is 9.92. The van der Waals surface area contributed by atoms with Crippen molar-refractivity contribution >= 4 is 0 Å². The van der Waals surface area contributed by atoms with Gasteiger partial charge in [-0.2, -0.15) is 0 Å². The van der Waals surface area contributed by atoms with Gasteiger partial charge in [0.05, 0.1) is 6.61 Å². The molecule has 0 aromatic heterocycles. The quantitative estimate of drug-likeness (QED) is 0.684. The SMILES string of the molecule is CC(C)(C)NCc1ccc(OCCCCCCO)c(F)c1. The maximum absolute atomic E-state index is 13.9. The van der Waals surface area contributed by atoms with Gasteiger partial charge < -0.3 is 15.2 Å². The Morgan fingerprint density at radius 2 is 1.86 bits per heavy atom. The summed E-state index contributed by atoms with van der Waals surface area (Å²) < 4.78 is 19.4. The van der Waals surface area contributed by atoms with E-state index in [4.69, 9.17) is 9.84 Å². The molecule has 0 atom stereocenters. The summed E-state index contributed by atoms with van der Waals surface area (Å²) in [6, 6.07) is 5.12. The average Bonchev–Trinajstić information content (AvgIpc) is 2.41. The molecule has 21 heavy (non-hydrogen) atoms. The van der Waals surface area contributed by atoms with Gasteiger partial charge in [-0.15, -0.1) is 0 Å². The summed E-state index contributed by atoms with van der Waals surface area (Å²) in [4.78, 5) is 0. The van der Waals surface area contributed by atoms with E-state index in [-0.39, 0.29) is 18.0 Å². The first-order valence-electron chi connectivity index (χ1n) is 7.69. The smallest absolute Gasteiger partial charge is 0.165 e. The third kappa shape index (κ3) is 8.02. The van der Waals surface area contributed by atoms with Crippen molar-refractivity contribution in [2.24, 2.45) is 0 Å². The number of aliphatic hydroxyl groups excluding tert-OH is 1. The lowest BCUT2D eigenvalue weighted by Gasteiger charge is -2.20. The van der Waals surface area contributed by atoms with E-state index >= 15 is 0 Å². The Morgan fingerprint density at radius 1 is 1.14 bits per heavy atom. The number of aliphatic hydroxyl groups is 1. The minimum atomic E-state index is -0.307. The van der Waals surface area contributed by atoms with Crippen LogP contribution >= 0.6 is 0 Å². The van der Waals surface area contributed by atoms with E-state index in [1.807, 2.05) is 6.07 Å². The normalized spacial score (nSPS) is 11.7. The number of nitrogens with one attached hydrogen (secondary N) is 1. The van der Waals surface area contributed by atoms with Gasteiger partial charge in [0, 0.05) is 18.7 Å². The van der Waals surface area contributed by atoms with Gasteiger partial charge in [-0.3, -0.25) is 0 Å². The summed E-state index contributed by atoms with van der Waals surface area (Å²) in [5.41, 5.74) is 0.929. The van der Waals surface area contributed by atoms with Crippen molar-refractivity contribution in [3.8, 4) is 5.75 Å². The Hall–Kier alpha value is -1.13. The van der Waals surface area contributed by atoms with E-state index < -0.39 is 0 Å². The fourth-order valence-electron chi connectivity index (χ4n) is 1.89. The molecule has 0 spiro atoms. The second kappa shape index (κ2) is 9.00. The highest BCUT2D eigenvalue weighted by atomic mass is 19.1. The van der Waals surface area contributed by atoms with Crippen molar-refractivity contribution in [3.63, 3.8) is 0 Å². The van der Waals surface area contributed by atoms with Gasteiger partial charge in [0.25, 0.3) is 0 Å². The van der Waals surface area contributed by atoms with Gasteiger partial charge in [0.15, 0.2) is 11.6 Å². The molecule has 0 amide bonds. The van der Waals surface area contributed by atoms with Crippen molar-refractivity contribution in [1.82, 2.24) is 5.32 Å². The number of benzene rings is 1. The van der Waals surface area contributed by atoms with E-state index in [1.165, 1.54) is 6.07 Å². The van der Waals surface area contributed by atoms with E-state index in [0.717, 1.165) is 31.2 Å². The number of hydrogen-bond acceptors (Lipinski definition) is 3. The molecule has 0 bridgehead atoms. The topological polar surface area (TPSA) is 41.5 Å². The molecule has 0 aliphatic rings. The van der Waals surface area contributed by atoms with Crippen molar-refractivity contribution < 1.29 is 14.2 Å². The minimum Gasteiger partial charge on any atom is -0.491 e. The number of hydrogen-bond donors (Lipinski definition) is 2. The van der Waals surface area contributed by atoms with Gasteiger partial charge in [0.1, 0.15) is 0 Å². The van der Waals surface area contributed by atoms with E-state index in [2.05, 4.69) is 26.1 Å². The first kappa shape index (κ1) is 17.9. The molecule has 120 valence electrons. The van der Waals surface area contributed by atoms with Gasteiger partial charge in [-0.05, 0) is 57.7 Å². The van der Waals surface area contributed by atoms with Crippen LogP contribution in [0.2, 0.25) is 0 Å². The molecule has 0 aliphatic heterocycles. The fourth-order valence-corrected chi connectivity index (χ4v) is 1.89. The third-order valence-electron chi connectivity index (χ3n) is 3.13. The molecule has 0 radical (unpaired) electrons. The summed E-state index contributed by atoms with van der Waals surface area (Å²) in [7, 11) is 0. The molecule has 3 nitrogen and oxygen atoms in total. The molecule has 0 fully saturated rings. The molecule has 0 saturated carbocycles. The van der Waals surface area contributed by atoms with E-state index in [1.54, 1.807) is 6.07 Å². The van der Waals surface area contributed by atoms with Crippen LogP contribution in [0.4, 0.5) is 4.39 Å². The second-order valence-corrected chi connectivity index (χ2v) is 6.35. The zero-order valence-electron chi connectivity index (χ0n) is 13.4. The predicted molar refractivity (Wildman–Crippen MR) is 84.0 cm³/mol. The second-order valence-electron chi connectivity index (χ2n) is 6.35. The van der Waals surface area contributed by atoms with Crippen LogP contribution in [0.15, 0.2) is 18.2 Å². The molecule has 4 heteroatoms. The Labute approximate surface area is 127 Å². The molecule has 2 N–H and O–H groups in total. The first-order valence-corrected chi connectivity index (χ1v) is 7.69. The molecule has 0 heterocycles. The molecular formula is C17H28FNO2. The highest BCUT2D eigenvalue weighted by Gasteiger charge is 2.10. The molecular weight excluding hydrogens is 269 g/mol. The van der Waals surface area contributed by atoms with E-state index in [0.29, 0.717) is 18.9 Å². The van der Waals surface area contributed by atoms with Crippen LogP contribution in [0.3, 0.4) is 0 Å². The zero-order chi connectivity index (χ0) is 15.7. The molecule has 1 aromatic carbocycles. The van der Waals surface area contributed by atoms with Crippen LogP contribution in [0, 0.1) is 5.82 Å². The Kier molecular flexibility index (Phi) is 7.68. The largest absolute Gasteiger partial charge is 0.491 e. The number of halogens is 1. The van der Waals surface area contributed by atoms with Crippen LogP contribution in [0.1, 0.15) is 52.0 Å². The van der Waals surface area contributed by atoms with Crippen LogP contribution in [0.5, 0.6) is 5.75 Å². The Balaban J connectivity index is 2.36. The van der Waals surface area contributed by atoms with Crippen molar-refractivity contribution in [2.75, 3.05) is 13.2 Å². The Morgan fingerprint density at radius 3 is 2.48 bits per heavy atom. The fraction of sp³-hybridized carbons (Fsp3) is 0.647. The summed E-state index contributed by atoms with van der Waals surface area (Å²) in [5, 5.41) is 12.0. The van der Waals surface area contributed by atoms with Crippen LogP contribution in [-0.2, 0) is 6.54 Å². The lowest BCUT2D eigenvalue weighted by molar-refractivity contribution is 0.269. The summed E-state index contributed by atoms with van der Waals surface area (Å²) in [6.07, 6.45) is 3.69. The number of rotatable bonds is 9. The molecule has 0 saturated heterocycles. The van der Waals surface area contributed by atoms with Crippen molar-refractivity contribution in [2.45, 2.75) is 58.5 Å². The van der Waals surface area contributed by atoms with Crippen LogP contribution in [0.25, 0.3) is 0 Å². The average molecular weight is 297 g/mol. The number of ether oxygens (including phenoxy) is 1. The van der Waals surface area contributed by atoms with Crippen molar-refractivity contribution in [1.29, 1.82) is 0 Å². The number of unbranched alkanes of at least 4 members (excludes halogenated alkanes) is 3.